The summed E-state index contributed by atoms with van der Waals surface area (Å²) in [5.74, 6) is -0.830. The number of carbonyl (C=O) groups excluding carboxylic acids is 2. The number of urea groups is 1. The lowest BCUT2D eigenvalue weighted by molar-refractivity contribution is -0.140. The monoisotopic (exact) mass is 529 g/mol. The lowest BCUT2D eigenvalue weighted by Crippen LogP contribution is -2.52. The lowest BCUT2D eigenvalue weighted by atomic mass is 10.0. The molecule has 4 rings (SSSR count). The van der Waals surface area contributed by atoms with Crippen LogP contribution in [0.4, 0.5) is 10.6 Å². The van der Waals surface area contributed by atoms with Gasteiger partial charge in [0.15, 0.2) is 0 Å². The smallest absolute Gasteiger partial charge is 0.326 e. The van der Waals surface area contributed by atoms with Crippen LogP contribution >= 0.6 is 0 Å². The number of nitrogens with zero attached hydrogens (tertiary/aromatic N) is 4. The first-order chi connectivity index (χ1) is 18.8. The van der Waals surface area contributed by atoms with E-state index in [1.54, 1.807) is 32.2 Å². The number of carboxylic acids is 1. The van der Waals surface area contributed by atoms with E-state index in [-0.39, 0.29) is 11.9 Å². The highest BCUT2D eigenvalue weighted by atomic mass is 16.4. The number of aromatic nitrogens is 1. The van der Waals surface area contributed by atoms with Gasteiger partial charge in [-0.25, -0.2) is 14.6 Å². The van der Waals surface area contributed by atoms with Crippen LogP contribution in [0.2, 0.25) is 0 Å². The minimum absolute atomic E-state index is 0.0393. The fraction of sp³-hybridized carbons (Fsp3) is 0.333. The summed E-state index contributed by atoms with van der Waals surface area (Å²) in [5, 5.41) is 12.0. The molecule has 9 nitrogen and oxygen atoms in total. The number of piperazine rings is 1. The number of rotatable bonds is 9. The van der Waals surface area contributed by atoms with Crippen molar-refractivity contribution in [1.29, 1.82) is 0 Å². The number of amides is 3. The molecular formula is C30H35N5O4. The maximum atomic E-state index is 13.7. The van der Waals surface area contributed by atoms with E-state index in [0.29, 0.717) is 44.8 Å². The summed E-state index contributed by atoms with van der Waals surface area (Å²) in [5.41, 5.74) is 2.28. The molecule has 3 aromatic rings. The molecule has 204 valence electrons. The Labute approximate surface area is 229 Å². The third kappa shape index (κ3) is 7.34. The Morgan fingerprint density at radius 2 is 1.49 bits per heavy atom. The largest absolute Gasteiger partial charge is 0.480 e. The van der Waals surface area contributed by atoms with Gasteiger partial charge in [0.05, 0.1) is 0 Å². The zero-order valence-corrected chi connectivity index (χ0v) is 22.4. The standard InChI is InChI=1S/C30H35N5O4/c1-22(2)27(29(37)38)32-28(36)25-13-11-24(12-14-25)21-35(20-23-8-4-3-5-9-23)30(39)34-18-16-33(17-19-34)26-10-6-7-15-31-26/h3-15,22,27H,16-21H2,1-2H3,(H,32,36)(H,37,38)/t27-/m0/s1. The molecule has 9 heteroatoms. The fourth-order valence-electron chi connectivity index (χ4n) is 4.58. The van der Waals surface area contributed by atoms with Crippen LogP contribution in [-0.4, -0.2) is 70.0 Å². The van der Waals surface area contributed by atoms with E-state index in [4.69, 9.17) is 0 Å². The molecule has 0 bridgehead atoms. The number of pyridine rings is 1. The van der Waals surface area contributed by atoms with Gasteiger partial charge in [-0.15, -0.1) is 0 Å². The normalized spacial score (nSPS) is 14.1. The van der Waals surface area contributed by atoms with E-state index in [1.807, 2.05) is 70.5 Å². The average molecular weight is 530 g/mol. The molecule has 1 aliphatic rings. The number of carboxylic acid groups (broad SMARTS) is 1. The zero-order valence-electron chi connectivity index (χ0n) is 22.4. The second-order valence-corrected chi connectivity index (χ2v) is 10.0. The van der Waals surface area contributed by atoms with Gasteiger partial charge in [-0.3, -0.25) is 4.79 Å². The van der Waals surface area contributed by atoms with Crippen molar-refractivity contribution in [3.63, 3.8) is 0 Å². The predicted octanol–water partition coefficient (Wildman–Crippen LogP) is 3.87. The molecule has 0 unspecified atom stereocenters. The molecule has 2 heterocycles. The van der Waals surface area contributed by atoms with Crippen molar-refractivity contribution >= 4 is 23.7 Å². The van der Waals surface area contributed by atoms with Gasteiger partial charge in [-0.05, 0) is 41.3 Å². The van der Waals surface area contributed by atoms with Crippen molar-refractivity contribution in [3.8, 4) is 0 Å². The van der Waals surface area contributed by atoms with Crippen LogP contribution in [0, 0.1) is 5.92 Å². The fourth-order valence-corrected chi connectivity index (χ4v) is 4.58. The van der Waals surface area contributed by atoms with Crippen LogP contribution < -0.4 is 10.2 Å². The Balaban J connectivity index is 1.44. The summed E-state index contributed by atoms with van der Waals surface area (Å²) >= 11 is 0. The summed E-state index contributed by atoms with van der Waals surface area (Å²) in [6.07, 6.45) is 1.78. The van der Waals surface area contributed by atoms with E-state index < -0.39 is 17.9 Å². The molecule has 0 radical (unpaired) electrons. The zero-order chi connectivity index (χ0) is 27.8. The third-order valence-electron chi connectivity index (χ3n) is 6.82. The van der Waals surface area contributed by atoms with Crippen molar-refractivity contribution in [3.05, 3.63) is 95.7 Å². The van der Waals surface area contributed by atoms with Crippen LogP contribution in [0.25, 0.3) is 0 Å². The molecule has 1 aromatic heterocycles. The van der Waals surface area contributed by atoms with Crippen LogP contribution in [0.1, 0.15) is 35.3 Å². The van der Waals surface area contributed by atoms with Crippen molar-refractivity contribution in [2.24, 2.45) is 5.92 Å². The molecule has 39 heavy (non-hydrogen) atoms. The Morgan fingerprint density at radius 3 is 2.05 bits per heavy atom. The predicted molar refractivity (Wildman–Crippen MR) is 149 cm³/mol. The maximum Gasteiger partial charge on any atom is 0.326 e. The van der Waals surface area contributed by atoms with Gasteiger partial charge in [-0.1, -0.05) is 62.4 Å². The Kier molecular flexibility index (Phi) is 9.14. The highest BCUT2D eigenvalue weighted by Crippen LogP contribution is 2.17. The molecule has 3 amide bonds. The molecule has 1 saturated heterocycles. The number of hydrogen-bond donors (Lipinski definition) is 2. The number of hydrogen-bond acceptors (Lipinski definition) is 5. The first-order valence-electron chi connectivity index (χ1n) is 13.2. The maximum absolute atomic E-state index is 13.7. The first-order valence-corrected chi connectivity index (χ1v) is 13.2. The minimum atomic E-state index is -1.06. The summed E-state index contributed by atoms with van der Waals surface area (Å²) in [6, 6.07) is 21.6. The van der Waals surface area contributed by atoms with E-state index in [0.717, 1.165) is 16.9 Å². The number of benzene rings is 2. The van der Waals surface area contributed by atoms with Gasteiger partial charge >= 0.3 is 12.0 Å². The first kappa shape index (κ1) is 27.6. The van der Waals surface area contributed by atoms with Crippen LogP contribution in [0.5, 0.6) is 0 Å². The highest BCUT2D eigenvalue weighted by Gasteiger charge is 2.27. The highest BCUT2D eigenvalue weighted by molar-refractivity contribution is 5.96. The molecule has 2 aromatic carbocycles. The topological polar surface area (TPSA) is 106 Å². The van der Waals surface area contributed by atoms with Crippen molar-refractivity contribution in [1.82, 2.24) is 20.1 Å². The van der Waals surface area contributed by atoms with Crippen LogP contribution in [0.15, 0.2) is 79.0 Å². The molecule has 0 saturated carbocycles. The number of carbonyl (C=O) groups is 3. The SMILES string of the molecule is CC(C)[C@H](NC(=O)c1ccc(CN(Cc2ccccc2)C(=O)N2CCN(c3ccccn3)CC2)cc1)C(=O)O. The Bertz CT molecular complexity index is 1240. The van der Waals surface area contributed by atoms with Gasteiger partial charge in [0.25, 0.3) is 5.91 Å². The number of nitrogens with one attached hydrogen (secondary N) is 1. The summed E-state index contributed by atoms with van der Waals surface area (Å²) in [7, 11) is 0. The van der Waals surface area contributed by atoms with E-state index in [9.17, 15) is 19.5 Å². The van der Waals surface area contributed by atoms with Gasteiger partial charge in [-0.2, -0.15) is 0 Å². The van der Waals surface area contributed by atoms with Crippen molar-refractivity contribution in [2.45, 2.75) is 33.0 Å². The van der Waals surface area contributed by atoms with Crippen molar-refractivity contribution < 1.29 is 19.5 Å². The number of anilines is 1. The van der Waals surface area contributed by atoms with E-state index in [2.05, 4.69) is 15.2 Å². The van der Waals surface area contributed by atoms with Crippen molar-refractivity contribution in [2.75, 3.05) is 31.1 Å². The molecule has 1 aliphatic heterocycles. The van der Waals surface area contributed by atoms with Gasteiger partial charge in [0, 0.05) is 51.0 Å². The van der Waals surface area contributed by atoms with Gasteiger partial charge in [0.2, 0.25) is 0 Å². The molecule has 2 N–H and O–H groups in total. The quantitative estimate of drug-likeness (QED) is 0.436. The van der Waals surface area contributed by atoms with Gasteiger partial charge < -0.3 is 25.1 Å². The average Bonchev–Trinajstić information content (AvgIpc) is 2.96. The van der Waals surface area contributed by atoms with Crippen LogP contribution in [0.3, 0.4) is 0 Å². The summed E-state index contributed by atoms with van der Waals surface area (Å²) in [6.45, 7) is 6.94. The lowest BCUT2D eigenvalue weighted by Gasteiger charge is -2.38. The van der Waals surface area contributed by atoms with Crippen LogP contribution in [-0.2, 0) is 17.9 Å². The molecule has 0 aliphatic carbocycles. The second kappa shape index (κ2) is 12.9. The molecule has 0 spiro atoms. The number of aliphatic carboxylic acids is 1. The summed E-state index contributed by atoms with van der Waals surface area (Å²) < 4.78 is 0. The second-order valence-electron chi connectivity index (χ2n) is 10.0. The van der Waals surface area contributed by atoms with Gasteiger partial charge in [0.1, 0.15) is 11.9 Å². The minimum Gasteiger partial charge on any atom is -0.480 e. The Morgan fingerprint density at radius 1 is 0.872 bits per heavy atom. The Hall–Kier alpha value is -4.40. The molecular weight excluding hydrogens is 494 g/mol. The molecule has 1 atom stereocenters. The van der Waals surface area contributed by atoms with E-state index in [1.165, 1.54) is 0 Å². The molecule has 1 fully saturated rings. The van der Waals surface area contributed by atoms with E-state index >= 15 is 0 Å². The third-order valence-corrected chi connectivity index (χ3v) is 6.82. The summed E-state index contributed by atoms with van der Waals surface area (Å²) in [4.78, 5) is 48.1.